The van der Waals surface area contributed by atoms with E-state index in [9.17, 15) is 9.59 Å². The highest BCUT2D eigenvalue weighted by Gasteiger charge is 2.31. The number of amides is 1. The molecule has 2 aromatic rings. The van der Waals surface area contributed by atoms with E-state index in [0.717, 1.165) is 18.4 Å². The van der Waals surface area contributed by atoms with Crippen LogP contribution < -0.4 is 20.3 Å². The fourth-order valence-electron chi connectivity index (χ4n) is 3.40. The number of nitrogens with zero attached hydrogens (tertiary/aromatic N) is 1. The SMILES string of the molecule is CCC[C@@H](C)n1[nH]c(=O)c2c1NC(=O)CS[C@H]2c1ccc(OC)c(OC)c1. The van der Waals surface area contributed by atoms with Crippen LogP contribution in [0, 0.1) is 0 Å². The summed E-state index contributed by atoms with van der Waals surface area (Å²) in [7, 11) is 3.16. The van der Waals surface area contributed by atoms with Gasteiger partial charge in [0.15, 0.2) is 11.5 Å². The van der Waals surface area contributed by atoms with Gasteiger partial charge >= 0.3 is 0 Å². The highest BCUT2D eigenvalue weighted by atomic mass is 32.2. The topological polar surface area (TPSA) is 85.4 Å². The molecule has 146 valence electrons. The Balaban J connectivity index is 2.12. The second-order valence-electron chi connectivity index (χ2n) is 6.56. The van der Waals surface area contributed by atoms with Gasteiger partial charge in [0, 0.05) is 6.04 Å². The number of ether oxygens (including phenoxy) is 2. The first-order valence-corrected chi connectivity index (χ1v) is 10.0. The lowest BCUT2D eigenvalue weighted by molar-refractivity contribution is -0.113. The number of aromatic amines is 1. The molecule has 3 rings (SSSR count). The van der Waals surface area contributed by atoms with E-state index in [2.05, 4.69) is 17.3 Å². The van der Waals surface area contributed by atoms with Gasteiger partial charge in [-0.15, -0.1) is 11.8 Å². The van der Waals surface area contributed by atoms with Crippen LogP contribution >= 0.6 is 11.8 Å². The predicted molar refractivity (Wildman–Crippen MR) is 107 cm³/mol. The van der Waals surface area contributed by atoms with Gasteiger partial charge < -0.3 is 14.8 Å². The molecule has 0 aliphatic carbocycles. The number of rotatable bonds is 6. The van der Waals surface area contributed by atoms with Crippen molar-refractivity contribution < 1.29 is 14.3 Å². The number of carbonyl (C=O) groups is 1. The molecule has 1 aliphatic heterocycles. The molecule has 1 amide bonds. The minimum atomic E-state index is -0.280. The van der Waals surface area contributed by atoms with Crippen molar-refractivity contribution in [1.82, 2.24) is 9.78 Å². The summed E-state index contributed by atoms with van der Waals surface area (Å²) in [5, 5.41) is 5.55. The molecule has 1 aromatic carbocycles. The normalized spacial score (nSPS) is 17.6. The molecule has 8 heteroatoms. The van der Waals surface area contributed by atoms with Crippen LogP contribution in [0.25, 0.3) is 0 Å². The maximum atomic E-state index is 12.8. The number of benzene rings is 1. The molecule has 0 unspecified atom stereocenters. The first-order valence-electron chi connectivity index (χ1n) is 8.97. The summed E-state index contributed by atoms with van der Waals surface area (Å²) in [6.45, 7) is 4.13. The zero-order chi connectivity index (χ0) is 19.6. The van der Waals surface area contributed by atoms with Gasteiger partial charge in [0.05, 0.1) is 30.8 Å². The van der Waals surface area contributed by atoms with E-state index < -0.39 is 0 Å². The molecule has 27 heavy (non-hydrogen) atoms. The average molecular weight is 391 g/mol. The van der Waals surface area contributed by atoms with E-state index >= 15 is 0 Å². The molecule has 0 bridgehead atoms. The van der Waals surface area contributed by atoms with Crippen LogP contribution in [-0.4, -0.2) is 35.7 Å². The standard InChI is InChI=1S/C19H25N3O4S/c1-5-6-11(2)22-18-16(19(24)21-22)17(27-10-15(23)20-18)12-7-8-13(25-3)14(9-12)26-4/h7-9,11,17H,5-6,10H2,1-4H3,(H,20,23)(H,21,24)/t11-,17+/m1/s1. The van der Waals surface area contributed by atoms with E-state index in [-0.39, 0.29) is 28.5 Å². The lowest BCUT2D eigenvalue weighted by atomic mass is 10.1. The minimum Gasteiger partial charge on any atom is -0.493 e. The number of fused-ring (bicyclic) bond motifs is 1. The van der Waals surface area contributed by atoms with Gasteiger partial charge in [-0.1, -0.05) is 19.4 Å². The molecule has 2 N–H and O–H groups in total. The van der Waals surface area contributed by atoms with Crippen LogP contribution in [0.2, 0.25) is 0 Å². The molecule has 1 aliphatic rings. The van der Waals surface area contributed by atoms with Crippen molar-refractivity contribution >= 4 is 23.5 Å². The second-order valence-corrected chi connectivity index (χ2v) is 7.66. The minimum absolute atomic E-state index is 0.0842. The Bertz CT molecular complexity index is 890. The number of hydrogen-bond acceptors (Lipinski definition) is 5. The fourth-order valence-corrected chi connectivity index (χ4v) is 4.51. The summed E-state index contributed by atoms with van der Waals surface area (Å²) in [5.74, 6) is 1.94. The number of hydrogen-bond donors (Lipinski definition) is 2. The Kier molecular flexibility index (Phi) is 5.84. The van der Waals surface area contributed by atoms with Gasteiger partial charge in [-0.05, 0) is 31.0 Å². The molecule has 2 atom stereocenters. The predicted octanol–water partition coefficient (Wildman–Crippen LogP) is 3.33. The third-order valence-corrected chi connectivity index (χ3v) is 5.99. The molecular formula is C19H25N3O4S. The van der Waals surface area contributed by atoms with Crippen LogP contribution in [0.4, 0.5) is 5.82 Å². The Labute approximate surface area is 162 Å². The summed E-state index contributed by atoms with van der Waals surface area (Å²) in [6.07, 6.45) is 1.89. The molecule has 7 nitrogen and oxygen atoms in total. The van der Waals surface area contributed by atoms with Crippen LogP contribution in [0.5, 0.6) is 11.5 Å². The molecule has 1 aromatic heterocycles. The van der Waals surface area contributed by atoms with Crippen molar-refractivity contribution in [2.24, 2.45) is 0 Å². The van der Waals surface area contributed by atoms with Gasteiger partial charge in [0.2, 0.25) is 5.91 Å². The van der Waals surface area contributed by atoms with Gasteiger partial charge in [0.1, 0.15) is 5.82 Å². The van der Waals surface area contributed by atoms with Crippen molar-refractivity contribution in [3.05, 3.63) is 39.7 Å². The first kappa shape index (κ1) is 19.4. The zero-order valence-electron chi connectivity index (χ0n) is 16.0. The molecule has 0 fully saturated rings. The van der Waals surface area contributed by atoms with E-state index in [1.54, 1.807) is 18.9 Å². The molecule has 0 saturated heterocycles. The molecule has 0 spiro atoms. The van der Waals surface area contributed by atoms with E-state index in [4.69, 9.17) is 9.47 Å². The summed E-state index contributed by atoms with van der Waals surface area (Å²) >= 11 is 1.43. The Hall–Kier alpha value is -2.35. The quantitative estimate of drug-likeness (QED) is 0.789. The monoisotopic (exact) mass is 391 g/mol. The lowest BCUT2D eigenvalue weighted by Gasteiger charge is -2.18. The van der Waals surface area contributed by atoms with Crippen molar-refractivity contribution in [1.29, 1.82) is 0 Å². The summed E-state index contributed by atoms with van der Waals surface area (Å²) in [5.41, 5.74) is 1.28. The van der Waals surface area contributed by atoms with Gasteiger partial charge in [-0.2, -0.15) is 0 Å². The van der Waals surface area contributed by atoms with Gasteiger partial charge in [-0.25, -0.2) is 0 Å². The lowest BCUT2D eigenvalue weighted by Crippen LogP contribution is -2.18. The maximum absolute atomic E-state index is 12.8. The molecular weight excluding hydrogens is 366 g/mol. The fraction of sp³-hybridized carbons (Fsp3) is 0.474. The zero-order valence-corrected chi connectivity index (χ0v) is 16.8. The number of thioether (sulfide) groups is 1. The Morgan fingerprint density at radius 1 is 1.26 bits per heavy atom. The highest BCUT2D eigenvalue weighted by Crippen LogP contribution is 2.42. The van der Waals surface area contributed by atoms with Crippen molar-refractivity contribution in [2.45, 2.75) is 38.0 Å². The Morgan fingerprint density at radius 3 is 2.67 bits per heavy atom. The third kappa shape index (κ3) is 3.71. The summed E-state index contributed by atoms with van der Waals surface area (Å²) in [6, 6.07) is 5.67. The van der Waals surface area contributed by atoms with Gasteiger partial charge in [0.25, 0.3) is 5.56 Å². The highest BCUT2D eigenvalue weighted by molar-refractivity contribution is 8.00. The van der Waals surface area contributed by atoms with Crippen LogP contribution in [0.3, 0.4) is 0 Å². The number of methoxy groups -OCH3 is 2. The van der Waals surface area contributed by atoms with Crippen LogP contribution in [0.15, 0.2) is 23.0 Å². The molecule has 0 saturated carbocycles. The van der Waals surface area contributed by atoms with E-state index in [1.807, 2.05) is 25.1 Å². The summed E-state index contributed by atoms with van der Waals surface area (Å²) in [4.78, 5) is 25.1. The van der Waals surface area contributed by atoms with Crippen LogP contribution in [0.1, 0.15) is 49.1 Å². The molecule has 0 radical (unpaired) electrons. The maximum Gasteiger partial charge on any atom is 0.270 e. The Morgan fingerprint density at radius 2 is 2.00 bits per heavy atom. The van der Waals surface area contributed by atoms with Crippen LogP contribution in [-0.2, 0) is 4.79 Å². The largest absolute Gasteiger partial charge is 0.493 e. The average Bonchev–Trinajstić information content (AvgIpc) is 2.87. The summed E-state index contributed by atoms with van der Waals surface area (Å²) < 4.78 is 12.5. The number of carbonyl (C=O) groups excluding carboxylic acids is 1. The van der Waals surface area contributed by atoms with Crippen molar-refractivity contribution in [2.75, 3.05) is 25.3 Å². The van der Waals surface area contributed by atoms with E-state index in [0.29, 0.717) is 22.9 Å². The first-order chi connectivity index (χ1) is 13.0. The smallest absolute Gasteiger partial charge is 0.270 e. The third-order valence-electron chi connectivity index (χ3n) is 4.72. The number of aromatic nitrogens is 2. The number of anilines is 1. The number of H-pyrrole nitrogens is 1. The van der Waals surface area contributed by atoms with Crippen molar-refractivity contribution in [3.63, 3.8) is 0 Å². The second kappa shape index (κ2) is 8.12. The van der Waals surface area contributed by atoms with Gasteiger partial charge in [-0.3, -0.25) is 19.4 Å². The molecule has 2 heterocycles. The number of nitrogens with one attached hydrogen (secondary N) is 2. The van der Waals surface area contributed by atoms with Crippen molar-refractivity contribution in [3.8, 4) is 11.5 Å². The van der Waals surface area contributed by atoms with E-state index in [1.165, 1.54) is 11.8 Å².